The van der Waals surface area contributed by atoms with Gasteiger partial charge < -0.3 is 30.2 Å². The molecule has 12 nitrogen and oxygen atoms in total. The second-order valence-corrected chi connectivity index (χ2v) is 13.0. The van der Waals surface area contributed by atoms with E-state index in [1.807, 2.05) is 107 Å². The van der Waals surface area contributed by atoms with Crippen molar-refractivity contribution in [1.29, 1.82) is 0 Å². The van der Waals surface area contributed by atoms with Gasteiger partial charge in [-0.3, -0.25) is 4.99 Å². The van der Waals surface area contributed by atoms with E-state index in [-0.39, 0.29) is 26.4 Å². The van der Waals surface area contributed by atoms with Crippen LogP contribution < -0.4 is 14.4 Å². The van der Waals surface area contributed by atoms with Crippen molar-refractivity contribution in [3.05, 3.63) is 84.8 Å². The summed E-state index contributed by atoms with van der Waals surface area (Å²) in [4.78, 5) is 8.32. The van der Waals surface area contributed by atoms with Crippen molar-refractivity contribution in [3.63, 3.8) is 0 Å². The highest BCUT2D eigenvalue weighted by atomic mass is 33.1. The maximum Gasteiger partial charge on any atom is 0.171 e. The number of aliphatic imine (C=N–C) groups is 1. The second kappa shape index (κ2) is 23.6. The van der Waals surface area contributed by atoms with Crippen molar-refractivity contribution in [3.8, 4) is 0 Å². The molecule has 0 aliphatic rings. The van der Waals surface area contributed by atoms with E-state index in [1.165, 1.54) is 0 Å². The summed E-state index contributed by atoms with van der Waals surface area (Å²) in [6.07, 6.45) is 8.44. The fourth-order valence-electron chi connectivity index (χ4n) is 4.37. The second-order valence-electron chi connectivity index (χ2n) is 10.3. The molecule has 14 heteroatoms. The van der Waals surface area contributed by atoms with Crippen LogP contribution in [0, 0.1) is 0 Å². The molecule has 3 aromatic rings. The van der Waals surface area contributed by atoms with Gasteiger partial charge in [0.15, 0.2) is 18.9 Å². The number of pyridine rings is 1. The highest BCUT2D eigenvalue weighted by Gasteiger charge is 2.07. The zero-order valence-corrected chi connectivity index (χ0v) is 29.1. The van der Waals surface area contributed by atoms with Gasteiger partial charge in [-0.1, -0.05) is 28.5 Å². The van der Waals surface area contributed by atoms with E-state index in [0.29, 0.717) is 26.2 Å². The number of anilines is 2. The average Bonchev–Trinajstić information content (AvgIpc) is 3.12. The molecule has 3 rings (SSSR count). The van der Waals surface area contributed by atoms with Crippen molar-refractivity contribution >= 4 is 56.2 Å². The Bertz CT molecular complexity index is 1410. The lowest BCUT2D eigenvalue weighted by Gasteiger charge is -2.22. The van der Waals surface area contributed by atoms with Gasteiger partial charge >= 0.3 is 0 Å². The molecule has 2 aromatic carbocycles. The van der Waals surface area contributed by atoms with Gasteiger partial charge in [0.2, 0.25) is 0 Å². The molecule has 0 radical (unpaired) electrons. The van der Waals surface area contributed by atoms with Crippen LogP contribution in [-0.2, 0) is 6.54 Å². The summed E-state index contributed by atoms with van der Waals surface area (Å²) >= 11 is 0. The van der Waals surface area contributed by atoms with Crippen molar-refractivity contribution in [2.24, 2.45) is 25.4 Å². The SMILES string of the molecule is CC/C(=C\C=NCCSSCC[n+]1ccc(N=Nc2ccc(N(CCO)CCO)cc2)cc1)N=Nc1ccc(N(CCO)CCO)cc1. The molecule has 4 N–H and O–H groups in total. The first-order chi connectivity index (χ1) is 23.6. The van der Waals surface area contributed by atoms with E-state index in [2.05, 4.69) is 30.0 Å². The van der Waals surface area contributed by atoms with Crippen LogP contribution in [0.5, 0.6) is 0 Å². The molecule has 0 spiro atoms. The molecule has 0 unspecified atom stereocenters. The lowest BCUT2D eigenvalue weighted by atomic mass is 10.2. The fourth-order valence-corrected chi connectivity index (χ4v) is 6.23. The molecule has 1 heterocycles. The predicted molar refractivity (Wildman–Crippen MR) is 198 cm³/mol. The molecule has 48 heavy (non-hydrogen) atoms. The minimum atomic E-state index is 0.0240. The van der Waals surface area contributed by atoms with E-state index in [1.54, 1.807) is 17.0 Å². The normalized spacial score (nSPS) is 12.1. The molecule has 0 fully saturated rings. The van der Waals surface area contributed by atoms with Crippen LogP contribution in [0.25, 0.3) is 0 Å². The first-order valence-corrected chi connectivity index (χ1v) is 18.5. The molecular weight excluding hydrogens is 649 g/mol. The number of nitrogens with zero attached hydrogens (tertiary/aromatic N) is 8. The monoisotopic (exact) mass is 695 g/mol. The minimum absolute atomic E-state index is 0.0240. The lowest BCUT2D eigenvalue weighted by Crippen LogP contribution is -2.33. The fraction of sp³-hybridized carbons (Fsp3) is 0.412. The lowest BCUT2D eigenvalue weighted by molar-refractivity contribution is -0.692. The topological polar surface area (TPSA) is 153 Å². The number of aliphatic hydroxyl groups excluding tert-OH is 4. The van der Waals surface area contributed by atoms with Crippen LogP contribution >= 0.6 is 21.6 Å². The van der Waals surface area contributed by atoms with Gasteiger partial charge in [0.25, 0.3) is 0 Å². The van der Waals surface area contributed by atoms with Crippen LogP contribution in [0.3, 0.4) is 0 Å². The maximum atomic E-state index is 9.23. The van der Waals surface area contributed by atoms with Crippen LogP contribution in [0.4, 0.5) is 28.4 Å². The Balaban J connectivity index is 1.33. The number of hydrogen-bond acceptors (Lipinski definition) is 13. The van der Waals surface area contributed by atoms with Crippen molar-refractivity contribution in [2.75, 3.05) is 80.5 Å². The van der Waals surface area contributed by atoms with Crippen LogP contribution in [0.2, 0.25) is 0 Å². The van der Waals surface area contributed by atoms with Gasteiger partial charge in [0, 0.05) is 68.2 Å². The van der Waals surface area contributed by atoms with Gasteiger partial charge in [-0.15, -0.1) is 0 Å². The number of aryl methyl sites for hydroxylation is 1. The number of allylic oxidation sites excluding steroid dienone is 2. The van der Waals surface area contributed by atoms with Crippen molar-refractivity contribution in [2.45, 2.75) is 19.9 Å². The van der Waals surface area contributed by atoms with E-state index >= 15 is 0 Å². The summed E-state index contributed by atoms with van der Waals surface area (Å²) in [6.45, 7) is 5.59. The highest BCUT2D eigenvalue weighted by Crippen LogP contribution is 2.23. The summed E-state index contributed by atoms with van der Waals surface area (Å²) in [7, 11) is 3.63. The third-order valence-electron chi connectivity index (χ3n) is 6.91. The van der Waals surface area contributed by atoms with Crippen molar-refractivity contribution in [1.82, 2.24) is 0 Å². The zero-order chi connectivity index (χ0) is 34.2. The van der Waals surface area contributed by atoms with Gasteiger partial charge in [-0.25, -0.2) is 4.57 Å². The average molecular weight is 696 g/mol. The largest absolute Gasteiger partial charge is 0.395 e. The molecule has 0 saturated heterocycles. The Hall–Kier alpha value is -3.66. The summed E-state index contributed by atoms with van der Waals surface area (Å²) in [5.41, 5.74) is 4.92. The number of aromatic nitrogens is 1. The number of aliphatic hydroxyl groups is 4. The Kier molecular flexibility index (Phi) is 19.1. The molecule has 0 aliphatic heterocycles. The summed E-state index contributed by atoms with van der Waals surface area (Å²) in [5.74, 6) is 1.89. The van der Waals surface area contributed by atoms with Crippen molar-refractivity contribution < 1.29 is 25.0 Å². The maximum absolute atomic E-state index is 9.23. The number of azo groups is 2. The molecule has 0 amide bonds. The quantitative estimate of drug-likeness (QED) is 0.0334. The Morgan fingerprint density at radius 1 is 0.667 bits per heavy atom. The summed E-state index contributed by atoms with van der Waals surface area (Å²) in [5, 5.41) is 54.3. The molecule has 0 atom stereocenters. The van der Waals surface area contributed by atoms with Crippen LogP contribution in [-0.4, -0.2) is 97.3 Å². The van der Waals surface area contributed by atoms with E-state index in [4.69, 9.17) is 0 Å². The third-order valence-corrected chi connectivity index (χ3v) is 9.28. The van der Waals surface area contributed by atoms with Gasteiger partial charge in [0.05, 0.1) is 54.9 Å². The number of rotatable bonds is 23. The number of hydrogen-bond donors (Lipinski definition) is 4. The molecule has 0 bridgehead atoms. The number of benzene rings is 2. The Morgan fingerprint density at radius 2 is 1.15 bits per heavy atom. The summed E-state index contributed by atoms with van der Waals surface area (Å²) in [6, 6.07) is 19.0. The van der Waals surface area contributed by atoms with E-state index in [9.17, 15) is 20.4 Å². The van der Waals surface area contributed by atoms with E-state index < -0.39 is 0 Å². The van der Waals surface area contributed by atoms with Gasteiger partial charge in [0.1, 0.15) is 0 Å². The van der Waals surface area contributed by atoms with Crippen LogP contribution in [0.1, 0.15) is 13.3 Å². The minimum Gasteiger partial charge on any atom is -0.395 e. The standard InChI is InChI=1S/C34H47N8O4S2/c1-2-29(36-37-30-3-7-33(8-4-30)41(18-23-43)19-24-44)11-14-35-15-27-47-48-28-22-40-16-12-32(13-17-40)39-38-31-5-9-34(10-6-31)42(20-25-45)21-26-46/h3-14,16-17,43-46H,2,15,18-28H2,1H3/q+1/b29-11+,35-14?,37-36?. The highest BCUT2D eigenvalue weighted by molar-refractivity contribution is 8.76. The summed E-state index contributed by atoms with van der Waals surface area (Å²) < 4.78 is 2.12. The molecule has 258 valence electrons. The molecule has 0 saturated carbocycles. The zero-order valence-electron chi connectivity index (χ0n) is 27.5. The first kappa shape index (κ1) is 38.8. The third kappa shape index (κ3) is 14.6. The predicted octanol–water partition coefficient (Wildman–Crippen LogP) is 5.50. The molecule has 1 aromatic heterocycles. The molecular formula is C34H47N8O4S2+. The Morgan fingerprint density at radius 3 is 1.65 bits per heavy atom. The van der Waals surface area contributed by atoms with Gasteiger partial charge in [-0.2, -0.15) is 20.5 Å². The smallest absolute Gasteiger partial charge is 0.171 e. The van der Waals surface area contributed by atoms with Gasteiger partial charge in [-0.05, 0) is 61.0 Å². The Labute approximate surface area is 291 Å². The van der Waals surface area contributed by atoms with E-state index in [0.717, 1.165) is 65.2 Å². The molecule has 0 aliphatic carbocycles. The van der Waals surface area contributed by atoms with Crippen LogP contribution in [0.15, 0.2) is 110 Å². The first-order valence-electron chi connectivity index (χ1n) is 16.0.